The molecule has 0 aliphatic heterocycles. The summed E-state index contributed by atoms with van der Waals surface area (Å²) in [6, 6.07) is -2.33. The Bertz CT molecular complexity index is 280. The molecule has 0 amide bonds. The fraction of sp³-hybridized carbons (Fsp3) is 0.625. The molecule has 0 unspecified atom stereocenters. The van der Waals surface area contributed by atoms with Gasteiger partial charge in [-0.3, -0.25) is 14.4 Å². The number of nitrogens with one attached hydrogen (secondary N) is 1. The molecule has 16 heavy (non-hydrogen) atoms. The lowest BCUT2D eigenvalue weighted by Crippen LogP contribution is -2.46. The Labute approximate surface area is 91.1 Å². The molecule has 8 nitrogen and oxygen atoms in total. The molecular weight excluding hydrogens is 220 g/mol. The Kier molecular flexibility index (Phi) is 6.04. The SMILES string of the molecule is N[C@@H](CN[C@@H](CCC(=O)O)C(=O)O)C(=O)O. The van der Waals surface area contributed by atoms with Crippen LogP contribution in [0, 0.1) is 0 Å². The van der Waals surface area contributed by atoms with Crippen LogP contribution in [0.2, 0.25) is 0 Å². The lowest BCUT2D eigenvalue weighted by atomic mass is 10.1. The molecule has 0 bridgehead atoms. The molecule has 0 heterocycles. The van der Waals surface area contributed by atoms with Gasteiger partial charge >= 0.3 is 17.9 Å². The Morgan fingerprint density at radius 2 is 1.69 bits per heavy atom. The normalized spacial score (nSPS) is 14.1. The first kappa shape index (κ1) is 14.3. The van der Waals surface area contributed by atoms with Crippen molar-refractivity contribution in [2.45, 2.75) is 24.9 Å². The number of hydrogen-bond acceptors (Lipinski definition) is 5. The van der Waals surface area contributed by atoms with Gasteiger partial charge in [-0.15, -0.1) is 0 Å². The van der Waals surface area contributed by atoms with E-state index in [1.54, 1.807) is 0 Å². The molecular formula is C8H14N2O6. The van der Waals surface area contributed by atoms with E-state index in [0.717, 1.165) is 0 Å². The Morgan fingerprint density at radius 1 is 1.12 bits per heavy atom. The van der Waals surface area contributed by atoms with Crippen molar-refractivity contribution in [3.8, 4) is 0 Å². The van der Waals surface area contributed by atoms with Gasteiger partial charge in [0.15, 0.2) is 0 Å². The van der Waals surface area contributed by atoms with Crippen LogP contribution < -0.4 is 11.1 Å². The van der Waals surface area contributed by atoms with Crippen LogP contribution in [-0.4, -0.2) is 51.9 Å². The molecule has 2 atom stereocenters. The molecule has 0 aliphatic rings. The van der Waals surface area contributed by atoms with Gasteiger partial charge in [0.05, 0.1) is 0 Å². The molecule has 0 aromatic rings. The highest BCUT2D eigenvalue weighted by Gasteiger charge is 2.20. The molecule has 0 rings (SSSR count). The molecule has 92 valence electrons. The number of carboxylic acid groups (broad SMARTS) is 3. The molecule has 0 spiro atoms. The van der Waals surface area contributed by atoms with Crippen molar-refractivity contribution in [3.05, 3.63) is 0 Å². The second kappa shape index (κ2) is 6.75. The zero-order valence-electron chi connectivity index (χ0n) is 8.42. The third kappa shape index (κ3) is 5.94. The molecule has 0 radical (unpaired) electrons. The summed E-state index contributed by atoms with van der Waals surface area (Å²) in [6.07, 6.45) is -0.441. The largest absolute Gasteiger partial charge is 0.481 e. The van der Waals surface area contributed by atoms with E-state index in [0.29, 0.717) is 0 Å². The zero-order valence-corrected chi connectivity index (χ0v) is 8.42. The number of carbonyl (C=O) groups is 3. The molecule has 0 aliphatic carbocycles. The third-order valence-electron chi connectivity index (χ3n) is 1.85. The first-order valence-corrected chi connectivity index (χ1v) is 4.51. The van der Waals surface area contributed by atoms with Gasteiger partial charge in [-0.25, -0.2) is 0 Å². The van der Waals surface area contributed by atoms with E-state index in [1.165, 1.54) is 0 Å². The summed E-state index contributed by atoms with van der Waals surface area (Å²) in [5.74, 6) is -3.61. The smallest absolute Gasteiger partial charge is 0.321 e. The van der Waals surface area contributed by atoms with Crippen molar-refractivity contribution in [3.63, 3.8) is 0 Å². The second-order valence-electron chi connectivity index (χ2n) is 3.18. The predicted molar refractivity (Wildman–Crippen MR) is 51.9 cm³/mol. The first-order valence-electron chi connectivity index (χ1n) is 4.51. The molecule has 6 N–H and O–H groups in total. The summed E-state index contributed by atoms with van der Waals surface area (Å²) in [6.45, 7) is -0.230. The maximum Gasteiger partial charge on any atom is 0.321 e. The monoisotopic (exact) mass is 234 g/mol. The van der Waals surface area contributed by atoms with E-state index in [-0.39, 0.29) is 19.4 Å². The lowest BCUT2D eigenvalue weighted by molar-refractivity contribution is -0.142. The lowest BCUT2D eigenvalue weighted by Gasteiger charge is -2.14. The summed E-state index contributed by atoms with van der Waals surface area (Å²) in [5.41, 5.74) is 5.15. The summed E-state index contributed by atoms with van der Waals surface area (Å²) in [4.78, 5) is 31.2. The van der Waals surface area contributed by atoms with E-state index in [9.17, 15) is 14.4 Å². The highest BCUT2D eigenvalue weighted by atomic mass is 16.4. The number of hydrogen-bond donors (Lipinski definition) is 5. The van der Waals surface area contributed by atoms with Crippen molar-refractivity contribution in [2.24, 2.45) is 5.73 Å². The van der Waals surface area contributed by atoms with Gasteiger partial charge in [0.2, 0.25) is 0 Å². The van der Waals surface area contributed by atoms with Crippen LogP contribution in [0.4, 0.5) is 0 Å². The number of aliphatic carboxylic acids is 3. The Morgan fingerprint density at radius 3 is 2.06 bits per heavy atom. The molecule has 8 heteroatoms. The molecule has 0 saturated carbocycles. The van der Waals surface area contributed by atoms with Gasteiger partial charge in [0.25, 0.3) is 0 Å². The molecule has 0 aromatic heterocycles. The van der Waals surface area contributed by atoms with Gasteiger partial charge in [0, 0.05) is 13.0 Å². The minimum absolute atomic E-state index is 0.128. The average molecular weight is 234 g/mol. The second-order valence-corrected chi connectivity index (χ2v) is 3.18. The number of rotatable bonds is 8. The van der Waals surface area contributed by atoms with E-state index < -0.39 is 30.0 Å². The van der Waals surface area contributed by atoms with Crippen LogP contribution in [0.3, 0.4) is 0 Å². The van der Waals surface area contributed by atoms with Gasteiger partial charge in [0.1, 0.15) is 12.1 Å². The van der Waals surface area contributed by atoms with Crippen LogP contribution in [0.5, 0.6) is 0 Å². The fourth-order valence-corrected chi connectivity index (χ4v) is 0.937. The molecule has 0 aromatic carbocycles. The van der Waals surface area contributed by atoms with E-state index in [1.807, 2.05) is 0 Å². The van der Waals surface area contributed by atoms with E-state index in [4.69, 9.17) is 21.1 Å². The Balaban J connectivity index is 4.09. The summed E-state index contributed by atoms with van der Waals surface area (Å²) < 4.78 is 0. The number of nitrogens with two attached hydrogens (primary N) is 1. The van der Waals surface area contributed by atoms with Gasteiger partial charge in [-0.2, -0.15) is 0 Å². The van der Waals surface area contributed by atoms with E-state index in [2.05, 4.69) is 5.32 Å². The Hall–Kier alpha value is -1.67. The standard InChI is InChI=1S/C8H14N2O6/c9-4(7(13)14)3-10-5(8(15)16)1-2-6(11)12/h4-5,10H,1-3,9H2,(H,11,12)(H,13,14)(H,15,16)/t4-,5-/m0/s1. The molecule has 0 fully saturated rings. The van der Waals surface area contributed by atoms with Crippen molar-refractivity contribution < 1.29 is 29.7 Å². The van der Waals surface area contributed by atoms with E-state index >= 15 is 0 Å². The summed E-state index contributed by atoms with van der Waals surface area (Å²) in [7, 11) is 0. The summed E-state index contributed by atoms with van der Waals surface area (Å²) in [5, 5.41) is 27.9. The van der Waals surface area contributed by atoms with Gasteiger partial charge < -0.3 is 26.4 Å². The number of carboxylic acids is 3. The van der Waals surface area contributed by atoms with Crippen molar-refractivity contribution in [1.29, 1.82) is 0 Å². The van der Waals surface area contributed by atoms with Crippen molar-refractivity contribution >= 4 is 17.9 Å². The maximum atomic E-state index is 10.7. The molecule has 0 saturated heterocycles. The highest BCUT2D eigenvalue weighted by Crippen LogP contribution is 1.98. The first-order chi connectivity index (χ1) is 7.34. The zero-order chi connectivity index (χ0) is 12.7. The highest BCUT2D eigenvalue weighted by molar-refractivity contribution is 5.76. The van der Waals surface area contributed by atoms with Crippen LogP contribution in [0.15, 0.2) is 0 Å². The minimum Gasteiger partial charge on any atom is -0.481 e. The van der Waals surface area contributed by atoms with Crippen LogP contribution in [-0.2, 0) is 14.4 Å². The van der Waals surface area contributed by atoms with Crippen LogP contribution >= 0.6 is 0 Å². The minimum atomic E-state index is -1.25. The van der Waals surface area contributed by atoms with Crippen LogP contribution in [0.25, 0.3) is 0 Å². The van der Waals surface area contributed by atoms with Gasteiger partial charge in [-0.05, 0) is 6.42 Å². The third-order valence-corrected chi connectivity index (χ3v) is 1.85. The predicted octanol–water partition coefficient (Wildman–Crippen LogP) is -1.69. The van der Waals surface area contributed by atoms with Crippen molar-refractivity contribution in [2.75, 3.05) is 6.54 Å². The van der Waals surface area contributed by atoms with Crippen LogP contribution in [0.1, 0.15) is 12.8 Å². The maximum absolute atomic E-state index is 10.7. The van der Waals surface area contributed by atoms with Crippen molar-refractivity contribution in [1.82, 2.24) is 5.32 Å². The quantitative estimate of drug-likeness (QED) is 0.333. The summed E-state index contributed by atoms with van der Waals surface area (Å²) >= 11 is 0. The topological polar surface area (TPSA) is 150 Å². The fourth-order valence-electron chi connectivity index (χ4n) is 0.937. The average Bonchev–Trinajstić information content (AvgIpc) is 2.15. The van der Waals surface area contributed by atoms with Gasteiger partial charge in [-0.1, -0.05) is 0 Å².